The molecule has 0 bridgehead atoms. The van der Waals surface area contributed by atoms with Crippen molar-refractivity contribution in [2.45, 2.75) is 32.7 Å². The molecule has 3 aromatic rings. The Kier molecular flexibility index (Phi) is 8.72. The van der Waals surface area contributed by atoms with Crippen LogP contribution in [0.1, 0.15) is 35.7 Å². The van der Waals surface area contributed by atoms with E-state index in [1.165, 1.54) is 12.7 Å². The second kappa shape index (κ2) is 12.1. The quantitative estimate of drug-likeness (QED) is 0.468. The highest BCUT2D eigenvalue weighted by Gasteiger charge is 2.25. The Morgan fingerprint density at radius 3 is 2.78 bits per heavy atom. The van der Waals surface area contributed by atoms with Crippen LogP contribution in [0.2, 0.25) is 0 Å². The van der Waals surface area contributed by atoms with Gasteiger partial charge in [0.2, 0.25) is 5.91 Å². The maximum atomic E-state index is 13.8. The van der Waals surface area contributed by atoms with E-state index in [4.69, 9.17) is 4.74 Å². The largest absolute Gasteiger partial charge is 0.375 e. The molecule has 36 heavy (non-hydrogen) atoms. The number of likely N-dealkylation sites (tertiary alicyclic amines) is 1. The number of imidazole rings is 1. The number of aryl methyl sites for hydroxylation is 2. The standard InChI is InChI=1S/C28H37N5O3/c1-4-32-13-8-11-22(18-32)17-31(2)28(35)24-15-23(30-26(34)19-36-3)16-25-27(24)33(20-29-25)14-12-21-9-6-5-7-10-21/h5-7,9-10,15-16,20,22H,4,8,11-14,17-19H2,1-3H3,(H,30,34)/t22-/m0/s1. The summed E-state index contributed by atoms with van der Waals surface area (Å²) in [6.07, 6.45) is 4.91. The number of amides is 2. The lowest BCUT2D eigenvalue weighted by Gasteiger charge is -2.34. The number of anilines is 1. The number of carbonyl (C=O) groups is 2. The number of methoxy groups -OCH3 is 1. The molecule has 0 spiro atoms. The Hall–Kier alpha value is -3.23. The highest BCUT2D eigenvalue weighted by molar-refractivity contribution is 6.07. The monoisotopic (exact) mass is 491 g/mol. The summed E-state index contributed by atoms with van der Waals surface area (Å²) in [4.78, 5) is 34.9. The molecule has 1 atom stereocenters. The third kappa shape index (κ3) is 6.30. The average molecular weight is 492 g/mol. The molecule has 1 N–H and O–H groups in total. The van der Waals surface area contributed by atoms with Crippen molar-refractivity contribution in [2.24, 2.45) is 5.92 Å². The minimum atomic E-state index is -0.269. The molecule has 1 aliphatic heterocycles. The van der Waals surface area contributed by atoms with E-state index in [1.54, 1.807) is 12.4 Å². The second-order valence-corrected chi connectivity index (χ2v) is 9.63. The first-order valence-electron chi connectivity index (χ1n) is 12.8. The first-order chi connectivity index (χ1) is 17.5. The summed E-state index contributed by atoms with van der Waals surface area (Å²) < 4.78 is 6.99. The van der Waals surface area contributed by atoms with Gasteiger partial charge in [0.15, 0.2) is 0 Å². The maximum absolute atomic E-state index is 13.8. The molecular weight excluding hydrogens is 454 g/mol. The molecule has 0 saturated carbocycles. The van der Waals surface area contributed by atoms with E-state index in [0.717, 1.165) is 44.4 Å². The van der Waals surface area contributed by atoms with E-state index in [2.05, 4.69) is 34.3 Å². The molecule has 2 amide bonds. The van der Waals surface area contributed by atoms with Crippen LogP contribution in [-0.4, -0.2) is 78.1 Å². The van der Waals surface area contributed by atoms with Crippen LogP contribution < -0.4 is 5.32 Å². The van der Waals surface area contributed by atoms with Crippen LogP contribution in [0.25, 0.3) is 11.0 Å². The minimum absolute atomic E-state index is 0.0532. The number of hydrogen-bond acceptors (Lipinski definition) is 5. The molecule has 1 fully saturated rings. The lowest BCUT2D eigenvalue weighted by Crippen LogP contribution is -2.41. The van der Waals surface area contributed by atoms with Crippen molar-refractivity contribution in [3.63, 3.8) is 0 Å². The fourth-order valence-corrected chi connectivity index (χ4v) is 5.10. The predicted octanol–water partition coefficient (Wildman–Crippen LogP) is 3.67. The van der Waals surface area contributed by atoms with Crippen molar-refractivity contribution in [3.05, 3.63) is 59.9 Å². The molecular formula is C28H37N5O3. The number of nitrogens with one attached hydrogen (secondary N) is 1. The minimum Gasteiger partial charge on any atom is -0.375 e. The van der Waals surface area contributed by atoms with Crippen LogP contribution in [0.15, 0.2) is 48.8 Å². The van der Waals surface area contributed by atoms with Gasteiger partial charge in [0.25, 0.3) is 5.91 Å². The predicted molar refractivity (Wildman–Crippen MR) is 142 cm³/mol. The first-order valence-corrected chi connectivity index (χ1v) is 12.8. The number of nitrogens with zero attached hydrogens (tertiary/aromatic N) is 4. The molecule has 1 aromatic heterocycles. The molecule has 4 rings (SSSR count). The van der Waals surface area contributed by atoms with Crippen LogP contribution in [-0.2, 0) is 22.5 Å². The summed E-state index contributed by atoms with van der Waals surface area (Å²) in [5.74, 6) is 0.127. The SMILES string of the molecule is CCN1CCC[C@@H](CN(C)C(=O)c2cc(NC(=O)COC)cc3ncn(CCc4ccccc4)c23)C1. The topological polar surface area (TPSA) is 79.7 Å². The number of ether oxygens (including phenoxy) is 1. The number of rotatable bonds is 10. The fourth-order valence-electron chi connectivity index (χ4n) is 5.10. The molecule has 8 heteroatoms. The number of aromatic nitrogens is 2. The molecule has 0 aliphatic carbocycles. The molecule has 1 saturated heterocycles. The lowest BCUT2D eigenvalue weighted by molar-refractivity contribution is -0.119. The van der Waals surface area contributed by atoms with Crippen LogP contribution in [0.4, 0.5) is 5.69 Å². The first kappa shape index (κ1) is 25.9. The van der Waals surface area contributed by atoms with Crippen LogP contribution in [0.5, 0.6) is 0 Å². The summed E-state index contributed by atoms with van der Waals surface area (Å²) >= 11 is 0. The molecule has 1 aliphatic rings. The summed E-state index contributed by atoms with van der Waals surface area (Å²) in [7, 11) is 3.35. The number of hydrogen-bond donors (Lipinski definition) is 1. The maximum Gasteiger partial charge on any atom is 0.255 e. The van der Waals surface area contributed by atoms with E-state index in [0.29, 0.717) is 35.8 Å². The number of fused-ring (bicyclic) bond motifs is 1. The molecule has 2 heterocycles. The Morgan fingerprint density at radius 1 is 1.22 bits per heavy atom. The second-order valence-electron chi connectivity index (χ2n) is 9.63. The van der Waals surface area contributed by atoms with E-state index in [1.807, 2.05) is 40.8 Å². The van der Waals surface area contributed by atoms with Gasteiger partial charge < -0.3 is 24.4 Å². The van der Waals surface area contributed by atoms with Gasteiger partial charge in [-0.25, -0.2) is 4.98 Å². The highest BCUT2D eigenvalue weighted by Crippen LogP contribution is 2.26. The number of carbonyl (C=O) groups excluding carboxylic acids is 2. The van der Waals surface area contributed by atoms with Crippen molar-refractivity contribution in [1.82, 2.24) is 19.4 Å². The molecule has 8 nitrogen and oxygen atoms in total. The van der Waals surface area contributed by atoms with E-state index < -0.39 is 0 Å². The van der Waals surface area contributed by atoms with E-state index in [9.17, 15) is 9.59 Å². The van der Waals surface area contributed by atoms with Crippen LogP contribution in [0, 0.1) is 5.92 Å². The molecule has 0 unspecified atom stereocenters. The summed E-state index contributed by atoms with van der Waals surface area (Å²) in [6.45, 7) is 6.73. The third-order valence-electron chi connectivity index (χ3n) is 6.92. The van der Waals surface area contributed by atoms with Gasteiger partial charge in [0.1, 0.15) is 6.61 Å². The van der Waals surface area contributed by atoms with E-state index >= 15 is 0 Å². The summed E-state index contributed by atoms with van der Waals surface area (Å²) in [5, 5.41) is 2.84. The van der Waals surface area contributed by atoms with Gasteiger partial charge >= 0.3 is 0 Å². The molecule has 0 radical (unpaired) electrons. The van der Waals surface area contributed by atoms with Crippen molar-refractivity contribution in [2.75, 3.05) is 52.3 Å². The Balaban J connectivity index is 1.62. The zero-order chi connectivity index (χ0) is 25.5. The van der Waals surface area contributed by atoms with Gasteiger partial charge in [-0.15, -0.1) is 0 Å². The van der Waals surface area contributed by atoms with Crippen molar-refractivity contribution >= 4 is 28.5 Å². The number of piperidine rings is 1. The van der Waals surface area contributed by atoms with Crippen LogP contribution >= 0.6 is 0 Å². The Morgan fingerprint density at radius 2 is 2.03 bits per heavy atom. The van der Waals surface area contributed by atoms with Gasteiger partial charge in [0, 0.05) is 39.5 Å². The zero-order valence-corrected chi connectivity index (χ0v) is 21.6. The smallest absolute Gasteiger partial charge is 0.255 e. The average Bonchev–Trinajstić information content (AvgIpc) is 3.30. The zero-order valence-electron chi connectivity index (χ0n) is 21.6. The third-order valence-corrected chi connectivity index (χ3v) is 6.92. The Bertz CT molecular complexity index is 1180. The lowest BCUT2D eigenvalue weighted by atomic mass is 9.97. The molecule has 192 valence electrons. The van der Waals surface area contributed by atoms with Crippen molar-refractivity contribution < 1.29 is 14.3 Å². The van der Waals surface area contributed by atoms with Gasteiger partial charge in [0.05, 0.1) is 22.9 Å². The van der Waals surface area contributed by atoms with E-state index in [-0.39, 0.29) is 18.4 Å². The number of benzene rings is 2. The Labute approximate surface area is 213 Å². The highest BCUT2D eigenvalue weighted by atomic mass is 16.5. The normalized spacial score (nSPS) is 16.2. The van der Waals surface area contributed by atoms with Crippen molar-refractivity contribution in [1.29, 1.82) is 0 Å². The van der Waals surface area contributed by atoms with Crippen LogP contribution in [0.3, 0.4) is 0 Å². The van der Waals surface area contributed by atoms with Gasteiger partial charge in [-0.3, -0.25) is 9.59 Å². The summed E-state index contributed by atoms with van der Waals surface area (Å²) in [5.41, 5.74) is 3.81. The van der Waals surface area contributed by atoms with Gasteiger partial charge in [-0.05, 0) is 56.0 Å². The summed E-state index contributed by atoms with van der Waals surface area (Å²) in [6, 6.07) is 13.9. The van der Waals surface area contributed by atoms with Gasteiger partial charge in [-0.1, -0.05) is 37.3 Å². The van der Waals surface area contributed by atoms with Gasteiger partial charge in [-0.2, -0.15) is 0 Å². The molecule has 2 aromatic carbocycles. The fraction of sp³-hybridized carbons (Fsp3) is 0.464. The van der Waals surface area contributed by atoms with Crippen molar-refractivity contribution in [3.8, 4) is 0 Å².